The molecule has 7 nitrogen and oxygen atoms in total. The van der Waals surface area contributed by atoms with Gasteiger partial charge in [0.05, 0.1) is 5.69 Å². The number of rotatable bonds is 5. The Hall–Kier alpha value is -0.870. The van der Waals surface area contributed by atoms with Crippen molar-refractivity contribution in [2.75, 3.05) is 53.9 Å². The van der Waals surface area contributed by atoms with Gasteiger partial charge in [0.1, 0.15) is 6.26 Å². The van der Waals surface area contributed by atoms with E-state index >= 15 is 0 Å². The summed E-state index contributed by atoms with van der Waals surface area (Å²) in [4.78, 5) is 11.7. The van der Waals surface area contributed by atoms with E-state index in [0.29, 0.717) is 0 Å². The van der Waals surface area contributed by atoms with Crippen LogP contribution in [0.15, 0.2) is 21.8 Å². The van der Waals surface area contributed by atoms with Crippen molar-refractivity contribution >= 4 is 29.9 Å². The molecule has 2 heterocycles. The molecule has 148 valence electrons. The Kier molecular flexibility index (Phi) is 8.15. The van der Waals surface area contributed by atoms with E-state index in [1.54, 1.807) is 6.26 Å². The van der Waals surface area contributed by atoms with Crippen molar-refractivity contribution in [3.05, 3.63) is 18.0 Å². The molecule has 1 saturated carbocycles. The number of nitrogens with zero attached hydrogens (tertiary/aromatic N) is 5. The van der Waals surface area contributed by atoms with Crippen LogP contribution in [0.25, 0.3) is 0 Å². The zero-order valence-corrected chi connectivity index (χ0v) is 18.6. The van der Waals surface area contributed by atoms with Crippen molar-refractivity contribution in [3.63, 3.8) is 0 Å². The number of nitrogens with one attached hydrogen (secondary N) is 1. The summed E-state index contributed by atoms with van der Waals surface area (Å²) in [5.41, 5.74) is 1.29. The molecule has 0 aromatic carbocycles. The maximum Gasteiger partial charge on any atom is 0.193 e. The number of piperazine rings is 1. The van der Waals surface area contributed by atoms with Crippen LogP contribution in [0.5, 0.6) is 0 Å². The highest BCUT2D eigenvalue weighted by molar-refractivity contribution is 14.0. The summed E-state index contributed by atoms with van der Waals surface area (Å²) >= 11 is 0. The van der Waals surface area contributed by atoms with E-state index in [1.165, 1.54) is 25.7 Å². The second-order valence-corrected chi connectivity index (χ2v) is 7.48. The number of hydrogen-bond donors (Lipinski definition) is 1. The van der Waals surface area contributed by atoms with Crippen molar-refractivity contribution in [2.24, 2.45) is 4.99 Å². The Bertz CT molecular complexity index is 548. The molecule has 0 spiro atoms. The van der Waals surface area contributed by atoms with E-state index in [4.69, 9.17) is 4.52 Å². The van der Waals surface area contributed by atoms with Crippen LogP contribution in [0, 0.1) is 0 Å². The Morgan fingerprint density at radius 1 is 1.27 bits per heavy atom. The van der Waals surface area contributed by atoms with Gasteiger partial charge in [0.2, 0.25) is 0 Å². The van der Waals surface area contributed by atoms with Gasteiger partial charge < -0.3 is 19.6 Å². The standard InChI is InChI=1S/C18H32N6O.HI/c1-19-17(20-15-18(22(2)3)7-4-5-8-18)24-11-9-23(10-12-24)14-16-6-13-25-21-16;/h6,13H,4-5,7-12,14-15H2,1-3H3,(H,19,20);1H. The molecular formula is C18H33IN6O. The minimum Gasteiger partial charge on any atom is -0.364 e. The molecule has 1 N–H and O–H groups in total. The van der Waals surface area contributed by atoms with Gasteiger partial charge in [-0.3, -0.25) is 9.89 Å². The average Bonchev–Trinajstić information content (AvgIpc) is 3.29. The maximum absolute atomic E-state index is 4.92. The highest BCUT2D eigenvalue weighted by atomic mass is 127. The van der Waals surface area contributed by atoms with Crippen LogP contribution in [0.4, 0.5) is 0 Å². The second kappa shape index (κ2) is 9.89. The van der Waals surface area contributed by atoms with E-state index < -0.39 is 0 Å². The quantitative estimate of drug-likeness (QED) is 0.398. The first-order valence-electron chi connectivity index (χ1n) is 9.38. The first-order chi connectivity index (χ1) is 12.1. The summed E-state index contributed by atoms with van der Waals surface area (Å²) in [5.74, 6) is 1.04. The van der Waals surface area contributed by atoms with Gasteiger partial charge in [-0.25, -0.2) is 0 Å². The zero-order valence-electron chi connectivity index (χ0n) is 16.3. The molecule has 2 fully saturated rings. The zero-order chi connectivity index (χ0) is 17.7. The molecular weight excluding hydrogens is 443 g/mol. The lowest BCUT2D eigenvalue weighted by Gasteiger charge is -2.40. The van der Waals surface area contributed by atoms with E-state index in [-0.39, 0.29) is 29.5 Å². The average molecular weight is 476 g/mol. The van der Waals surface area contributed by atoms with Crippen LogP contribution in [0.2, 0.25) is 0 Å². The Balaban J connectivity index is 0.00000243. The van der Waals surface area contributed by atoms with Crippen LogP contribution in [-0.2, 0) is 6.54 Å². The van der Waals surface area contributed by atoms with Gasteiger partial charge in [0, 0.05) is 57.9 Å². The molecule has 0 radical (unpaired) electrons. The number of halogens is 1. The highest BCUT2D eigenvalue weighted by Crippen LogP contribution is 2.33. The van der Waals surface area contributed by atoms with E-state index in [0.717, 1.165) is 50.9 Å². The predicted molar refractivity (Wildman–Crippen MR) is 115 cm³/mol. The third-order valence-electron chi connectivity index (χ3n) is 5.82. The van der Waals surface area contributed by atoms with Gasteiger partial charge in [-0.15, -0.1) is 24.0 Å². The minimum absolute atomic E-state index is 0. The minimum atomic E-state index is 0. The van der Waals surface area contributed by atoms with Crippen LogP contribution < -0.4 is 5.32 Å². The number of hydrogen-bond acceptors (Lipinski definition) is 5. The summed E-state index contributed by atoms with van der Waals surface area (Å²) in [7, 11) is 6.30. The van der Waals surface area contributed by atoms with Crippen molar-refractivity contribution < 1.29 is 4.52 Å². The van der Waals surface area contributed by atoms with Gasteiger partial charge in [-0.2, -0.15) is 0 Å². The van der Waals surface area contributed by atoms with Gasteiger partial charge in [-0.05, 0) is 26.9 Å². The van der Waals surface area contributed by atoms with Crippen LogP contribution in [0.1, 0.15) is 31.4 Å². The van der Waals surface area contributed by atoms with Crippen LogP contribution >= 0.6 is 24.0 Å². The lowest BCUT2D eigenvalue weighted by atomic mass is 9.96. The SMILES string of the molecule is CN=C(NCC1(N(C)C)CCCC1)N1CCN(Cc2ccon2)CC1.I. The van der Waals surface area contributed by atoms with Crippen molar-refractivity contribution in [2.45, 2.75) is 37.8 Å². The molecule has 1 aromatic heterocycles. The molecule has 1 aliphatic carbocycles. The van der Waals surface area contributed by atoms with E-state index in [9.17, 15) is 0 Å². The molecule has 3 rings (SSSR count). The molecule has 1 saturated heterocycles. The third kappa shape index (κ3) is 5.10. The van der Waals surface area contributed by atoms with E-state index in [1.807, 2.05) is 13.1 Å². The summed E-state index contributed by atoms with van der Waals surface area (Å²) in [6.07, 6.45) is 6.85. The lowest BCUT2D eigenvalue weighted by Crippen LogP contribution is -2.56. The Morgan fingerprint density at radius 3 is 2.50 bits per heavy atom. The topological polar surface area (TPSA) is 60.1 Å². The van der Waals surface area contributed by atoms with Crippen molar-refractivity contribution in [3.8, 4) is 0 Å². The molecule has 1 aromatic rings. The van der Waals surface area contributed by atoms with Crippen LogP contribution in [0.3, 0.4) is 0 Å². The van der Waals surface area contributed by atoms with Gasteiger partial charge in [0.25, 0.3) is 0 Å². The highest BCUT2D eigenvalue weighted by Gasteiger charge is 2.36. The number of aromatic nitrogens is 1. The number of aliphatic imine (C=N–C) groups is 1. The molecule has 0 bridgehead atoms. The molecule has 0 amide bonds. The van der Waals surface area contributed by atoms with Gasteiger partial charge in [-0.1, -0.05) is 18.0 Å². The van der Waals surface area contributed by atoms with Gasteiger partial charge in [0.15, 0.2) is 5.96 Å². The Morgan fingerprint density at radius 2 is 1.96 bits per heavy atom. The summed E-state index contributed by atoms with van der Waals surface area (Å²) in [5, 5.41) is 7.66. The summed E-state index contributed by atoms with van der Waals surface area (Å²) in [6.45, 7) is 5.86. The predicted octanol–water partition coefficient (Wildman–Crippen LogP) is 1.86. The monoisotopic (exact) mass is 476 g/mol. The molecule has 8 heteroatoms. The number of likely N-dealkylation sites (N-methyl/N-ethyl adjacent to an activating group) is 1. The second-order valence-electron chi connectivity index (χ2n) is 7.48. The van der Waals surface area contributed by atoms with Crippen molar-refractivity contribution in [1.82, 2.24) is 25.2 Å². The summed E-state index contributed by atoms with van der Waals surface area (Å²) in [6, 6.07) is 1.94. The smallest absolute Gasteiger partial charge is 0.193 e. The Labute approximate surface area is 174 Å². The van der Waals surface area contributed by atoms with Gasteiger partial charge >= 0.3 is 0 Å². The molecule has 2 aliphatic rings. The first-order valence-corrected chi connectivity index (χ1v) is 9.38. The third-order valence-corrected chi connectivity index (χ3v) is 5.82. The lowest BCUT2D eigenvalue weighted by molar-refractivity contribution is 0.151. The maximum atomic E-state index is 4.92. The largest absolute Gasteiger partial charge is 0.364 e. The fourth-order valence-electron chi connectivity index (χ4n) is 4.06. The molecule has 0 atom stereocenters. The molecule has 26 heavy (non-hydrogen) atoms. The molecule has 0 unspecified atom stereocenters. The fourth-order valence-corrected chi connectivity index (χ4v) is 4.06. The normalized spacial score (nSPS) is 21.1. The number of guanidine groups is 1. The molecule has 1 aliphatic heterocycles. The van der Waals surface area contributed by atoms with Crippen molar-refractivity contribution in [1.29, 1.82) is 0 Å². The van der Waals surface area contributed by atoms with E-state index in [2.05, 4.69) is 44.3 Å². The summed E-state index contributed by atoms with van der Waals surface area (Å²) < 4.78 is 4.92. The fraction of sp³-hybridized carbons (Fsp3) is 0.778. The van der Waals surface area contributed by atoms with Crippen LogP contribution in [-0.4, -0.2) is 85.2 Å². The first kappa shape index (κ1) is 21.4.